The average Bonchev–Trinajstić information content (AvgIpc) is 2.87. The SMILES string of the molecule is COc1ccc2nccc(NC(=O)CCC3CCCN(Cc4ccc5c(n4)NC(=O)CS5)C3)c2n1. The molecule has 10 heteroatoms. The molecule has 5 rings (SSSR count). The van der Waals surface area contributed by atoms with Crippen LogP contribution >= 0.6 is 11.8 Å². The van der Waals surface area contributed by atoms with Crippen LogP contribution in [0.4, 0.5) is 11.5 Å². The third-order valence-corrected chi connectivity index (χ3v) is 7.39. The van der Waals surface area contributed by atoms with Gasteiger partial charge in [0.1, 0.15) is 11.3 Å². The maximum Gasteiger partial charge on any atom is 0.235 e. The van der Waals surface area contributed by atoms with E-state index in [2.05, 4.69) is 30.5 Å². The molecular formula is C25H28N6O3S. The average molecular weight is 493 g/mol. The zero-order chi connectivity index (χ0) is 24.2. The molecule has 2 N–H and O–H groups in total. The lowest BCUT2D eigenvalue weighted by Gasteiger charge is -2.32. The summed E-state index contributed by atoms with van der Waals surface area (Å²) in [5.74, 6) is 2.02. The molecule has 0 spiro atoms. The predicted octanol–water partition coefficient (Wildman–Crippen LogP) is 3.71. The van der Waals surface area contributed by atoms with Crippen molar-refractivity contribution in [3.63, 3.8) is 0 Å². The monoisotopic (exact) mass is 492 g/mol. The van der Waals surface area contributed by atoms with Gasteiger partial charge in [0.05, 0.1) is 34.7 Å². The molecule has 0 saturated carbocycles. The van der Waals surface area contributed by atoms with Crippen LogP contribution in [0.2, 0.25) is 0 Å². The van der Waals surface area contributed by atoms with Gasteiger partial charge in [0, 0.05) is 31.8 Å². The highest BCUT2D eigenvalue weighted by molar-refractivity contribution is 8.00. The molecule has 2 amide bonds. The largest absolute Gasteiger partial charge is 0.481 e. The zero-order valence-electron chi connectivity index (χ0n) is 19.6. The maximum atomic E-state index is 12.7. The summed E-state index contributed by atoms with van der Waals surface area (Å²) >= 11 is 1.52. The molecule has 0 aliphatic carbocycles. The minimum absolute atomic E-state index is 0.00172. The van der Waals surface area contributed by atoms with E-state index in [0.717, 1.165) is 49.5 Å². The molecule has 3 aromatic heterocycles. The molecular weight excluding hydrogens is 464 g/mol. The topological polar surface area (TPSA) is 109 Å². The van der Waals surface area contributed by atoms with Gasteiger partial charge in [0.25, 0.3) is 0 Å². The number of nitrogens with zero attached hydrogens (tertiary/aromatic N) is 4. The Morgan fingerprint density at radius 3 is 3.06 bits per heavy atom. The highest BCUT2D eigenvalue weighted by atomic mass is 32.2. The van der Waals surface area contributed by atoms with Gasteiger partial charge in [-0.05, 0) is 56.0 Å². The lowest BCUT2D eigenvalue weighted by Crippen LogP contribution is -2.35. The summed E-state index contributed by atoms with van der Waals surface area (Å²) in [6.07, 6.45) is 5.16. The number of rotatable bonds is 7. The summed E-state index contributed by atoms with van der Waals surface area (Å²) in [5.41, 5.74) is 2.93. The van der Waals surface area contributed by atoms with E-state index in [4.69, 9.17) is 4.74 Å². The fourth-order valence-corrected chi connectivity index (χ4v) is 5.38. The number of carbonyl (C=O) groups excluding carboxylic acids is 2. The van der Waals surface area contributed by atoms with E-state index in [0.29, 0.717) is 46.5 Å². The number of pyridine rings is 3. The Kier molecular flexibility index (Phi) is 7.10. The molecule has 1 saturated heterocycles. The van der Waals surface area contributed by atoms with Crippen molar-refractivity contribution in [3.05, 3.63) is 42.2 Å². The van der Waals surface area contributed by atoms with Crippen LogP contribution in [0.25, 0.3) is 11.0 Å². The van der Waals surface area contributed by atoms with Crippen molar-refractivity contribution in [2.24, 2.45) is 5.92 Å². The Morgan fingerprint density at radius 1 is 1.26 bits per heavy atom. The summed E-state index contributed by atoms with van der Waals surface area (Å²) in [6, 6.07) is 9.44. The van der Waals surface area contributed by atoms with Gasteiger partial charge < -0.3 is 15.4 Å². The Labute approximate surface area is 208 Å². The number of likely N-dealkylation sites (tertiary alicyclic amines) is 1. The second kappa shape index (κ2) is 10.6. The van der Waals surface area contributed by atoms with E-state index < -0.39 is 0 Å². The van der Waals surface area contributed by atoms with Crippen molar-refractivity contribution in [3.8, 4) is 5.88 Å². The van der Waals surface area contributed by atoms with Crippen molar-refractivity contribution >= 4 is 46.1 Å². The first kappa shape index (κ1) is 23.5. The lowest BCUT2D eigenvalue weighted by atomic mass is 9.93. The predicted molar refractivity (Wildman–Crippen MR) is 136 cm³/mol. The number of hydrogen-bond donors (Lipinski definition) is 2. The van der Waals surface area contributed by atoms with Gasteiger partial charge in [0.15, 0.2) is 0 Å². The molecule has 1 unspecified atom stereocenters. The third kappa shape index (κ3) is 5.71. The number of thioether (sulfide) groups is 1. The van der Waals surface area contributed by atoms with Gasteiger partial charge in [-0.1, -0.05) is 0 Å². The van der Waals surface area contributed by atoms with Gasteiger partial charge >= 0.3 is 0 Å². The molecule has 5 heterocycles. The molecule has 9 nitrogen and oxygen atoms in total. The van der Waals surface area contributed by atoms with Crippen LogP contribution in [0.1, 0.15) is 31.4 Å². The van der Waals surface area contributed by atoms with Crippen LogP contribution in [0.3, 0.4) is 0 Å². The molecule has 35 heavy (non-hydrogen) atoms. The van der Waals surface area contributed by atoms with Crippen LogP contribution in [-0.4, -0.2) is 57.6 Å². The number of ether oxygens (including phenoxy) is 1. The summed E-state index contributed by atoms with van der Waals surface area (Å²) in [7, 11) is 1.56. The van der Waals surface area contributed by atoms with Crippen molar-refractivity contribution in [1.82, 2.24) is 19.9 Å². The van der Waals surface area contributed by atoms with E-state index in [-0.39, 0.29) is 11.8 Å². The molecule has 2 aliphatic rings. The number of amides is 2. The molecule has 0 radical (unpaired) electrons. The summed E-state index contributed by atoms with van der Waals surface area (Å²) < 4.78 is 5.21. The Balaban J connectivity index is 1.15. The summed E-state index contributed by atoms with van der Waals surface area (Å²) in [6.45, 7) is 2.69. The fraction of sp³-hybridized carbons (Fsp3) is 0.400. The van der Waals surface area contributed by atoms with E-state index in [1.165, 1.54) is 11.8 Å². The molecule has 3 aromatic rings. The number of fused-ring (bicyclic) bond motifs is 2. The molecule has 1 atom stereocenters. The van der Waals surface area contributed by atoms with Crippen LogP contribution < -0.4 is 15.4 Å². The summed E-state index contributed by atoms with van der Waals surface area (Å²) in [4.78, 5) is 41.2. The second-order valence-electron chi connectivity index (χ2n) is 8.90. The molecule has 0 aromatic carbocycles. The number of aromatic nitrogens is 3. The molecule has 1 fully saturated rings. The lowest BCUT2D eigenvalue weighted by molar-refractivity contribution is -0.116. The quantitative estimate of drug-likeness (QED) is 0.514. The molecule has 0 bridgehead atoms. The fourth-order valence-electron chi connectivity index (χ4n) is 4.62. The number of carbonyl (C=O) groups is 2. The standard InChI is InChI=1S/C25H28N6O3S/c1-34-23-9-6-18-24(30-23)19(10-11-26-18)28-21(32)8-4-16-3-2-12-31(13-16)14-17-5-7-20-25(27-17)29-22(33)15-35-20/h5-7,9-11,16H,2-4,8,12-15H2,1H3,(H,26,28,32)(H,27,29,33). The highest BCUT2D eigenvalue weighted by Gasteiger charge is 2.23. The zero-order valence-corrected chi connectivity index (χ0v) is 20.4. The van der Waals surface area contributed by atoms with E-state index in [9.17, 15) is 9.59 Å². The van der Waals surface area contributed by atoms with Crippen LogP contribution in [0, 0.1) is 5.92 Å². The Morgan fingerprint density at radius 2 is 2.17 bits per heavy atom. The molecule has 2 aliphatic heterocycles. The van der Waals surface area contributed by atoms with Crippen LogP contribution in [0.15, 0.2) is 41.4 Å². The minimum atomic E-state index is -0.0242. The van der Waals surface area contributed by atoms with Gasteiger partial charge in [-0.3, -0.25) is 19.5 Å². The summed E-state index contributed by atoms with van der Waals surface area (Å²) in [5, 5.41) is 5.87. The van der Waals surface area contributed by atoms with E-state index in [1.54, 1.807) is 25.4 Å². The Bertz CT molecular complexity index is 1250. The number of hydrogen-bond acceptors (Lipinski definition) is 8. The number of nitrogens with one attached hydrogen (secondary N) is 2. The first-order chi connectivity index (χ1) is 17.1. The first-order valence-corrected chi connectivity index (χ1v) is 12.8. The number of anilines is 2. The highest BCUT2D eigenvalue weighted by Crippen LogP contribution is 2.30. The minimum Gasteiger partial charge on any atom is -0.481 e. The van der Waals surface area contributed by atoms with Crippen molar-refractivity contribution in [1.29, 1.82) is 0 Å². The van der Waals surface area contributed by atoms with Gasteiger partial charge in [-0.15, -0.1) is 11.8 Å². The van der Waals surface area contributed by atoms with Gasteiger partial charge in [-0.2, -0.15) is 0 Å². The van der Waals surface area contributed by atoms with Crippen LogP contribution in [-0.2, 0) is 16.1 Å². The number of piperidine rings is 1. The second-order valence-corrected chi connectivity index (χ2v) is 9.91. The first-order valence-electron chi connectivity index (χ1n) is 11.8. The molecule has 182 valence electrons. The normalized spacial score (nSPS) is 18.1. The van der Waals surface area contributed by atoms with Gasteiger partial charge in [0.2, 0.25) is 17.7 Å². The third-order valence-electron chi connectivity index (χ3n) is 6.34. The Hall–Kier alpha value is -3.24. The van der Waals surface area contributed by atoms with Crippen molar-refractivity contribution in [2.75, 3.05) is 36.6 Å². The maximum absolute atomic E-state index is 12.7. The van der Waals surface area contributed by atoms with Gasteiger partial charge in [-0.25, -0.2) is 9.97 Å². The van der Waals surface area contributed by atoms with E-state index in [1.807, 2.05) is 18.2 Å². The van der Waals surface area contributed by atoms with E-state index >= 15 is 0 Å². The van der Waals surface area contributed by atoms with Crippen LogP contribution in [0.5, 0.6) is 5.88 Å². The van der Waals surface area contributed by atoms with Crippen molar-refractivity contribution < 1.29 is 14.3 Å². The smallest absolute Gasteiger partial charge is 0.235 e. The number of methoxy groups -OCH3 is 1. The van der Waals surface area contributed by atoms with Crippen molar-refractivity contribution in [2.45, 2.75) is 37.1 Å².